The van der Waals surface area contributed by atoms with Gasteiger partial charge in [0.1, 0.15) is 5.69 Å². The molecule has 0 saturated heterocycles. The Kier molecular flexibility index (Phi) is 5.20. The summed E-state index contributed by atoms with van der Waals surface area (Å²) in [6, 6.07) is 4.78. The van der Waals surface area contributed by atoms with E-state index in [0.717, 1.165) is 12.1 Å². The fraction of sp³-hybridized carbons (Fsp3) is 0.250. The molecule has 1 aromatic heterocycles. The first-order valence-electron chi connectivity index (χ1n) is 7.03. The second-order valence-corrected chi connectivity index (χ2v) is 5.38. The topological polar surface area (TPSA) is 54.0 Å². The third-order valence-electron chi connectivity index (χ3n) is 2.98. The van der Waals surface area contributed by atoms with Crippen LogP contribution in [0.4, 0.5) is 24.5 Å². The van der Waals surface area contributed by atoms with Gasteiger partial charge in [-0.2, -0.15) is 0 Å². The van der Waals surface area contributed by atoms with Crippen LogP contribution in [0.25, 0.3) is 0 Å². The van der Waals surface area contributed by atoms with Crippen LogP contribution >= 0.6 is 0 Å². The highest BCUT2D eigenvalue weighted by molar-refractivity contribution is 5.93. The summed E-state index contributed by atoms with van der Waals surface area (Å²) >= 11 is 0. The lowest BCUT2D eigenvalue weighted by molar-refractivity contribution is 0.0944. The Morgan fingerprint density at radius 1 is 1.17 bits per heavy atom. The van der Waals surface area contributed by atoms with Crippen molar-refractivity contribution in [2.24, 2.45) is 5.92 Å². The maximum Gasteiger partial charge on any atom is 0.269 e. The second-order valence-electron chi connectivity index (χ2n) is 5.38. The molecule has 0 atom stereocenters. The smallest absolute Gasteiger partial charge is 0.269 e. The number of amides is 1. The van der Waals surface area contributed by atoms with E-state index in [1.165, 1.54) is 18.3 Å². The van der Waals surface area contributed by atoms with Gasteiger partial charge in [0, 0.05) is 18.4 Å². The van der Waals surface area contributed by atoms with E-state index in [4.69, 9.17) is 0 Å². The molecular weight excluding hydrogens is 307 g/mol. The molecule has 7 heteroatoms. The molecule has 0 spiro atoms. The predicted molar refractivity (Wildman–Crippen MR) is 81.0 cm³/mol. The van der Waals surface area contributed by atoms with Crippen molar-refractivity contribution in [2.75, 3.05) is 11.9 Å². The van der Waals surface area contributed by atoms with Crippen LogP contribution in [0.15, 0.2) is 30.5 Å². The number of anilines is 2. The van der Waals surface area contributed by atoms with Crippen molar-refractivity contribution in [3.05, 3.63) is 53.6 Å². The highest BCUT2D eigenvalue weighted by Gasteiger charge is 2.14. The van der Waals surface area contributed by atoms with Gasteiger partial charge in [-0.3, -0.25) is 9.78 Å². The van der Waals surface area contributed by atoms with E-state index in [2.05, 4.69) is 15.6 Å². The normalized spacial score (nSPS) is 10.7. The van der Waals surface area contributed by atoms with Gasteiger partial charge in [-0.1, -0.05) is 13.8 Å². The summed E-state index contributed by atoms with van der Waals surface area (Å²) in [5.41, 5.74) is 0.238. The van der Waals surface area contributed by atoms with Crippen molar-refractivity contribution >= 4 is 17.3 Å². The van der Waals surface area contributed by atoms with E-state index in [1.807, 2.05) is 13.8 Å². The number of hydrogen-bond donors (Lipinski definition) is 2. The van der Waals surface area contributed by atoms with Gasteiger partial charge in [-0.15, -0.1) is 0 Å². The number of benzene rings is 1. The van der Waals surface area contributed by atoms with E-state index in [0.29, 0.717) is 12.2 Å². The number of carbonyl (C=O) groups excluding carboxylic acids is 1. The van der Waals surface area contributed by atoms with E-state index in [9.17, 15) is 18.0 Å². The molecule has 0 saturated carbocycles. The first-order chi connectivity index (χ1) is 10.9. The highest BCUT2D eigenvalue weighted by atomic mass is 19.2. The largest absolute Gasteiger partial charge is 0.353 e. The minimum absolute atomic E-state index is 0.138. The van der Waals surface area contributed by atoms with E-state index < -0.39 is 17.5 Å². The van der Waals surface area contributed by atoms with Crippen LogP contribution in [-0.2, 0) is 0 Å². The third kappa shape index (κ3) is 4.21. The fourth-order valence-electron chi connectivity index (χ4n) is 1.80. The number of aromatic nitrogens is 1. The summed E-state index contributed by atoms with van der Waals surface area (Å²) in [4.78, 5) is 15.9. The molecule has 1 aromatic carbocycles. The number of pyridine rings is 1. The molecule has 122 valence electrons. The summed E-state index contributed by atoms with van der Waals surface area (Å²) in [5.74, 6) is -4.23. The molecule has 0 aliphatic carbocycles. The van der Waals surface area contributed by atoms with Gasteiger partial charge in [0.25, 0.3) is 5.91 Å². The molecule has 4 nitrogen and oxygen atoms in total. The lowest BCUT2D eigenvalue weighted by atomic mass is 10.2. The van der Waals surface area contributed by atoms with E-state index >= 15 is 0 Å². The maximum atomic E-state index is 13.6. The summed E-state index contributed by atoms with van der Waals surface area (Å²) in [7, 11) is 0. The number of rotatable bonds is 5. The van der Waals surface area contributed by atoms with Crippen molar-refractivity contribution in [2.45, 2.75) is 13.8 Å². The molecule has 0 radical (unpaired) electrons. The lowest BCUT2D eigenvalue weighted by Gasteiger charge is -2.10. The second kappa shape index (κ2) is 7.13. The van der Waals surface area contributed by atoms with Crippen molar-refractivity contribution in [3.63, 3.8) is 0 Å². The molecule has 1 heterocycles. The average Bonchev–Trinajstić information content (AvgIpc) is 2.53. The zero-order chi connectivity index (χ0) is 17.0. The number of nitrogens with zero attached hydrogens (tertiary/aromatic N) is 1. The van der Waals surface area contributed by atoms with Crippen LogP contribution < -0.4 is 10.6 Å². The molecule has 0 bridgehead atoms. The summed E-state index contributed by atoms with van der Waals surface area (Å²) in [6.45, 7) is 4.41. The Morgan fingerprint density at radius 3 is 2.61 bits per heavy atom. The summed E-state index contributed by atoms with van der Waals surface area (Å²) < 4.78 is 39.8. The zero-order valence-electron chi connectivity index (χ0n) is 12.7. The van der Waals surface area contributed by atoms with E-state index in [-0.39, 0.29) is 23.2 Å². The summed E-state index contributed by atoms with van der Waals surface area (Å²) in [5, 5.41) is 5.30. The molecule has 2 aromatic rings. The maximum absolute atomic E-state index is 13.6. The Hall–Kier alpha value is -2.57. The van der Waals surface area contributed by atoms with Crippen LogP contribution in [0.1, 0.15) is 24.3 Å². The molecule has 1 amide bonds. The fourth-order valence-corrected chi connectivity index (χ4v) is 1.80. The van der Waals surface area contributed by atoms with E-state index in [1.54, 1.807) is 0 Å². The van der Waals surface area contributed by atoms with Crippen LogP contribution in [0.3, 0.4) is 0 Å². The Balaban J connectivity index is 2.17. The average molecular weight is 323 g/mol. The Bertz CT molecular complexity index is 720. The number of nitrogens with one attached hydrogen (secondary N) is 2. The van der Waals surface area contributed by atoms with Gasteiger partial charge in [0.15, 0.2) is 17.5 Å². The first kappa shape index (κ1) is 16.8. The van der Waals surface area contributed by atoms with Gasteiger partial charge >= 0.3 is 0 Å². The minimum atomic E-state index is -1.56. The standard InChI is InChI=1S/C16H16F3N3O/c1-9(2)8-21-16(23)13-7-10(5-6-20-13)22-12-4-3-11(17)14(18)15(12)19/h3-7,9H,8H2,1-2H3,(H,20,22)(H,21,23). The molecule has 0 fully saturated rings. The van der Waals surface area contributed by atoms with Gasteiger partial charge in [-0.05, 0) is 30.2 Å². The molecule has 2 N–H and O–H groups in total. The Labute approximate surface area is 131 Å². The number of halogens is 3. The SMILES string of the molecule is CC(C)CNC(=O)c1cc(Nc2ccc(F)c(F)c2F)ccn1. The first-order valence-corrected chi connectivity index (χ1v) is 7.03. The van der Waals surface area contributed by atoms with Crippen LogP contribution in [-0.4, -0.2) is 17.4 Å². The molecule has 0 aliphatic heterocycles. The van der Waals surface area contributed by atoms with Crippen LogP contribution in [0.5, 0.6) is 0 Å². The quantitative estimate of drug-likeness (QED) is 0.826. The highest BCUT2D eigenvalue weighted by Crippen LogP contribution is 2.23. The minimum Gasteiger partial charge on any atom is -0.353 e. The zero-order valence-corrected chi connectivity index (χ0v) is 12.7. The van der Waals surface area contributed by atoms with Crippen molar-refractivity contribution < 1.29 is 18.0 Å². The van der Waals surface area contributed by atoms with Gasteiger partial charge in [0.2, 0.25) is 0 Å². The molecule has 0 aliphatic rings. The van der Waals surface area contributed by atoms with Crippen LogP contribution in [0, 0.1) is 23.4 Å². The van der Waals surface area contributed by atoms with Crippen molar-refractivity contribution in [1.82, 2.24) is 10.3 Å². The molecular formula is C16H16F3N3O. The van der Waals surface area contributed by atoms with Gasteiger partial charge in [-0.25, -0.2) is 13.2 Å². The number of carbonyl (C=O) groups is 1. The van der Waals surface area contributed by atoms with Crippen LogP contribution in [0.2, 0.25) is 0 Å². The third-order valence-corrected chi connectivity index (χ3v) is 2.98. The van der Waals surface area contributed by atoms with Crippen molar-refractivity contribution in [1.29, 1.82) is 0 Å². The van der Waals surface area contributed by atoms with Gasteiger partial charge < -0.3 is 10.6 Å². The summed E-state index contributed by atoms with van der Waals surface area (Å²) in [6.07, 6.45) is 1.37. The molecule has 23 heavy (non-hydrogen) atoms. The van der Waals surface area contributed by atoms with Gasteiger partial charge in [0.05, 0.1) is 5.69 Å². The van der Waals surface area contributed by atoms with Crippen molar-refractivity contribution in [3.8, 4) is 0 Å². The monoisotopic (exact) mass is 323 g/mol. The molecule has 2 rings (SSSR count). The number of hydrogen-bond acceptors (Lipinski definition) is 3. The lowest BCUT2D eigenvalue weighted by Crippen LogP contribution is -2.28. The molecule has 0 unspecified atom stereocenters. The predicted octanol–water partition coefficient (Wildman–Crippen LogP) is 3.63. The Morgan fingerprint density at radius 2 is 1.91 bits per heavy atom.